The molecule has 2 heterocycles. The molecule has 0 amide bonds. The Hall–Kier alpha value is -2.66. The lowest BCUT2D eigenvalue weighted by molar-refractivity contribution is -0.0285. The molecule has 1 N–H and O–H groups in total. The third-order valence-corrected chi connectivity index (χ3v) is 7.61. The maximum atomic E-state index is 11.4. The van der Waals surface area contributed by atoms with E-state index in [4.69, 9.17) is 9.47 Å². The SMILES string of the molecule is COc1cccc(C2(O)CCN(CCC3(c4ccccc4)COCc4ccccc43)CC2)c1. The maximum Gasteiger partial charge on any atom is 0.119 e. The molecule has 0 radical (unpaired) electrons. The average molecular weight is 444 g/mol. The lowest BCUT2D eigenvalue weighted by Gasteiger charge is -2.43. The van der Waals surface area contributed by atoms with E-state index < -0.39 is 5.60 Å². The number of rotatable bonds is 6. The van der Waals surface area contributed by atoms with Gasteiger partial charge < -0.3 is 19.5 Å². The molecule has 4 nitrogen and oxygen atoms in total. The average Bonchev–Trinajstić information content (AvgIpc) is 2.89. The number of aliphatic hydroxyl groups is 1. The minimum atomic E-state index is -0.789. The van der Waals surface area contributed by atoms with E-state index in [0.717, 1.165) is 50.2 Å². The fourth-order valence-electron chi connectivity index (χ4n) is 5.57. The molecule has 172 valence electrons. The second-order valence-electron chi connectivity index (χ2n) is 9.45. The van der Waals surface area contributed by atoms with Gasteiger partial charge in [0, 0.05) is 18.5 Å². The lowest BCUT2D eigenvalue weighted by atomic mass is 9.70. The van der Waals surface area contributed by atoms with Crippen molar-refractivity contribution in [2.24, 2.45) is 0 Å². The summed E-state index contributed by atoms with van der Waals surface area (Å²) < 4.78 is 11.5. The van der Waals surface area contributed by atoms with Crippen LogP contribution in [-0.4, -0.2) is 43.4 Å². The van der Waals surface area contributed by atoms with E-state index >= 15 is 0 Å². The second-order valence-corrected chi connectivity index (χ2v) is 9.45. The van der Waals surface area contributed by atoms with Crippen LogP contribution in [0.25, 0.3) is 0 Å². The zero-order valence-corrected chi connectivity index (χ0v) is 19.4. The predicted octanol–water partition coefficient (Wildman–Crippen LogP) is 4.89. The highest BCUT2D eigenvalue weighted by atomic mass is 16.5. The van der Waals surface area contributed by atoms with Crippen molar-refractivity contribution in [2.75, 3.05) is 33.4 Å². The van der Waals surface area contributed by atoms with Crippen molar-refractivity contribution >= 4 is 0 Å². The van der Waals surface area contributed by atoms with E-state index in [0.29, 0.717) is 13.2 Å². The zero-order valence-electron chi connectivity index (χ0n) is 19.4. The monoisotopic (exact) mass is 443 g/mol. The van der Waals surface area contributed by atoms with Gasteiger partial charge in [-0.15, -0.1) is 0 Å². The van der Waals surface area contributed by atoms with Gasteiger partial charge in [-0.1, -0.05) is 66.7 Å². The molecule has 0 aromatic heterocycles. The normalized spacial score (nSPS) is 22.5. The van der Waals surface area contributed by atoms with Gasteiger partial charge in [-0.2, -0.15) is 0 Å². The van der Waals surface area contributed by atoms with E-state index in [-0.39, 0.29) is 5.41 Å². The van der Waals surface area contributed by atoms with Crippen LogP contribution in [0.3, 0.4) is 0 Å². The summed E-state index contributed by atoms with van der Waals surface area (Å²) in [4.78, 5) is 2.50. The lowest BCUT2D eigenvalue weighted by Crippen LogP contribution is -2.46. The molecule has 3 aromatic carbocycles. The number of methoxy groups -OCH3 is 1. The molecule has 1 fully saturated rings. The Morgan fingerprint density at radius 1 is 0.909 bits per heavy atom. The molecule has 33 heavy (non-hydrogen) atoms. The number of fused-ring (bicyclic) bond motifs is 1. The van der Waals surface area contributed by atoms with Crippen LogP contribution < -0.4 is 4.74 Å². The van der Waals surface area contributed by atoms with Crippen molar-refractivity contribution in [1.82, 2.24) is 4.90 Å². The standard InChI is InChI=1S/C29H33NO3/c1-32-26-12-7-11-25(20-26)29(31)15-18-30(19-16-29)17-14-28(24-9-3-2-4-10-24)22-33-21-23-8-5-6-13-27(23)28/h2-13,20,31H,14-19,21-22H2,1H3. The van der Waals surface area contributed by atoms with Crippen molar-refractivity contribution in [3.63, 3.8) is 0 Å². The summed E-state index contributed by atoms with van der Waals surface area (Å²) in [6, 6.07) is 27.4. The van der Waals surface area contributed by atoms with E-state index in [1.165, 1.54) is 16.7 Å². The Kier molecular flexibility index (Phi) is 6.24. The van der Waals surface area contributed by atoms with Gasteiger partial charge in [0.05, 0.1) is 25.9 Å². The number of benzene rings is 3. The van der Waals surface area contributed by atoms with Gasteiger partial charge in [-0.05, 0) is 60.2 Å². The first kappa shape index (κ1) is 22.1. The summed E-state index contributed by atoms with van der Waals surface area (Å²) in [6.07, 6.45) is 2.45. The minimum Gasteiger partial charge on any atom is -0.497 e. The first-order valence-corrected chi connectivity index (χ1v) is 11.9. The van der Waals surface area contributed by atoms with Crippen molar-refractivity contribution in [3.8, 4) is 5.75 Å². The highest BCUT2D eigenvalue weighted by molar-refractivity contribution is 5.45. The Bertz CT molecular complexity index is 1070. The van der Waals surface area contributed by atoms with Gasteiger partial charge in [0.2, 0.25) is 0 Å². The Labute approximate surface area is 196 Å². The maximum absolute atomic E-state index is 11.4. The smallest absolute Gasteiger partial charge is 0.119 e. The second kappa shape index (κ2) is 9.30. The summed E-state index contributed by atoms with van der Waals surface area (Å²) in [5.74, 6) is 0.795. The molecule has 1 atom stereocenters. The Morgan fingerprint density at radius 3 is 2.42 bits per heavy atom. The number of nitrogens with zero attached hydrogens (tertiary/aromatic N) is 1. The van der Waals surface area contributed by atoms with Gasteiger partial charge in [0.25, 0.3) is 0 Å². The Morgan fingerprint density at radius 2 is 1.64 bits per heavy atom. The molecule has 5 rings (SSSR count). The van der Waals surface area contributed by atoms with E-state index in [9.17, 15) is 5.11 Å². The van der Waals surface area contributed by atoms with Gasteiger partial charge >= 0.3 is 0 Å². The first-order chi connectivity index (χ1) is 16.1. The minimum absolute atomic E-state index is 0.142. The number of likely N-dealkylation sites (tertiary alicyclic amines) is 1. The van der Waals surface area contributed by atoms with Crippen LogP contribution in [0.1, 0.15) is 41.5 Å². The van der Waals surface area contributed by atoms with Gasteiger partial charge in [0.1, 0.15) is 5.75 Å². The van der Waals surface area contributed by atoms with Crippen LogP contribution in [-0.2, 0) is 22.4 Å². The summed E-state index contributed by atoms with van der Waals surface area (Å²) >= 11 is 0. The Balaban J connectivity index is 1.33. The molecule has 1 saturated heterocycles. The molecule has 2 aliphatic rings. The number of hydrogen-bond donors (Lipinski definition) is 1. The molecular weight excluding hydrogens is 410 g/mol. The molecule has 3 aromatic rings. The van der Waals surface area contributed by atoms with Crippen LogP contribution in [0.4, 0.5) is 0 Å². The fraction of sp³-hybridized carbons (Fsp3) is 0.379. The van der Waals surface area contributed by atoms with Crippen LogP contribution in [0.15, 0.2) is 78.9 Å². The molecule has 0 spiro atoms. The highest BCUT2D eigenvalue weighted by Gasteiger charge is 2.40. The topological polar surface area (TPSA) is 41.9 Å². The third-order valence-electron chi connectivity index (χ3n) is 7.61. The first-order valence-electron chi connectivity index (χ1n) is 11.9. The molecule has 1 unspecified atom stereocenters. The predicted molar refractivity (Wildman–Crippen MR) is 131 cm³/mol. The van der Waals surface area contributed by atoms with Crippen molar-refractivity contribution in [2.45, 2.75) is 36.9 Å². The molecule has 2 aliphatic heterocycles. The van der Waals surface area contributed by atoms with E-state index in [2.05, 4.69) is 59.5 Å². The van der Waals surface area contributed by atoms with Crippen LogP contribution >= 0.6 is 0 Å². The molecule has 0 bridgehead atoms. The van der Waals surface area contributed by atoms with Gasteiger partial charge in [-0.25, -0.2) is 0 Å². The van der Waals surface area contributed by atoms with Crippen LogP contribution in [0, 0.1) is 0 Å². The van der Waals surface area contributed by atoms with Crippen LogP contribution in [0.5, 0.6) is 5.75 Å². The summed E-state index contributed by atoms with van der Waals surface area (Å²) in [7, 11) is 1.67. The third kappa shape index (κ3) is 4.31. The van der Waals surface area contributed by atoms with Crippen LogP contribution in [0.2, 0.25) is 0 Å². The zero-order chi connectivity index (χ0) is 22.7. The van der Waals surface area contributed by atoms with Gasteiger partial charge in [0.15, 0.2) is 0 Å². The van der Waals surface area contributed by atoms with Gasteiger partial charge in [-0.3, -0.25) is 0 Å². The molecular formula is C29H33NO3. The fourth-order valence-corrected chi connectivity index (χ4v) is 5.57. The highest BCUT2D eigenvalue weighted by Crippen LogP contribution is 2.42. The van der Waals surface area contributed by atoms with E-state index in [1.807, 2.05) is 24.3 Å². The molecule has 0 aliphatic carbocycles. The quantitative estimate of drug-likeness (QED) is 0.589. The van der Waals surface area contributed by atoms with Crippen molar-refractivity contribution in [3.05, 3.63) is 101 Å². The van der Waals surface area contributed by atoms with Crippen molar-refractivity contribution < 1.29 is 14.6 Å². The number of hydrogen-bond acceptors (Lipinski definition) is 4. The van der Waals surface area contributed by atoms with Crippen molar-refractivity contribution in [1.29, 1.82) is 0 Å². The summed E-state index contributed by atoms with van der Waals surface area (Å²) in [5.41, 5.74) is 4.03. The number of piperidine rings is 1. The summed E-state index contributed by atoms with van der Waals surface area (Å²) in [5, 5.41) is 11.4. The molecule has 0 saturated carbocycles. The summed E-state index contributed by atoms with van der Waals surface area (Å²) in [6.45, 7) is 4.11. The van der Waals surface area contributed by atoms with E-state index in [1.54, 1.807) is 7.11 Å². The molecule has 4 heteroatoms. The number of ether oxygens (including phenoxy) is 2. The largest absolute Gasteiger partial charge is 0.497 e.